The highest BCUT2D eigenvalue weighted by atomic mass is 19.3. The van der Waals surface area contributed by atoms with Gasteiger partial charge in [-0.2, -0.15) is 8.78 Å². The Morgan fingerprint density at radius 2 is 1.54 bits per heavy atom. The topological polar surface area (TPSA) is 104 Å². The van der Waals surface area contributed by atoms with Gasteiger partial charge in [0, 0.05) is 41.8 Å². The molecule has 0 aliphatic carbocycles. The predicted octanol–water partition coefficient (Wildman–Crippen LogP) is 5.79. The molecule has 1 heterocycles. The Balaban J connectivity index is 1.90. The molecule has 37 heavy (non-hydrogen) atoms. The molecule has 12 heteroatoms. The fraction of sp³-hybridized carbons (Fsp3) is 0.200. The van der Waals surface area contributed by atoms with Crippen molar-refractivity contribution < 1.29 is 36.3 Å². The zero-order valence-corrected chi connectivity index (χ0v) is 19.5. The lowest BCUT2D eigenvalue weighted by atomic mass is 9.97. The van der Waals surface area contributed by atoms with E-state index in [0.717, 1.165) is 31.2 Å². The Morgan fingerprint density at radius 1 is 0.946 bits per heavy atom. The van der Waals surface area contributed by atoms with Crippen molar-refractivity contribution in [1.29, 1.82) is 5.41 Å². The van der Waals surface area contributed by atoms with Crippen molar-refractivity contribution >= 4 is 28.9 Å². The molecular weight excluding hydrogens is 499 g/mol. The molecular formula is C25H21F5N4O3. The molecule has 0 aliphatic rings. The summed E-state index contributed by atoms with van der Waals surface area (Å²) in [4.78, 5) is 29.5. The molecule has 3 rings (SSSR count). The van der Waals surface area contributed by atoms with Gasteiger partial charge >= 0.3 is 12.3 Å². The first kappa shape index (κ1) is 27.2. The van der Waals surface area contributed by atoms with Gasteiger partial charge in [-0.3, -0.25) is 14.6 Å². The molecule has 0 spiro atoms. The molecule has 1 aromatic heterocycles. The summed E-state index contributed by atoms with van der Waals surface area (Å²) in [7, 11) is 0. The Morgan fingerprint density at radius 3 is 2.08 bits per heavy atom. The molecule has 0 fully saturated rings. The number of ether oxygens (including phenoxy) is 1. The normalized spacial score (nSPS) is 13.0. The number of alkyl halides is 5. The summed E-state index contributed by atoms with van der Waals surface area (Å²) >= 11 is 0. The van der Waals surface area contributed by atoms with Gasteiger partial charge in [-0.1, -0.05) is 12.1 Å². The average Bonchev–Trinajstić information content (AvgIpc) is 2.84. The number of hydrogen-bond acceptors (Lipinski definition) is 5. The van der Waals surface area contributed by atoms with Crippen LogP contribution >= 0.6 is 0 Å². The fourth-order valence-corrected chi connectivity index (χ4v) is 3.31. The first-order valence-electron chi connectivity index (χ1n) is 10.7. The SMILES string of the molecule is CC(=N)C(F)(C(=O)Nc1cccc(C(C)(F)F)c1)C(=O)Nc1ccc(OC(F)F)c(-c2ccncc2)c1. The summed E-state index contributed by atoms with van der Waals surface area (Å²) in [6.45, 7) is -1.62. The van der Waals surface area contributed by atoms with Gasteiger partial charge < -0.3 is 20.8 Å². The number of carbonyl (C=O) groups is 2. The van der Waals surface area contributed by atoms with Crippen molar-refractivity contribution in [2.75, 3.05) is 10.6 Å². The van der Waals surface area contributed by atoms with Crippen LogP contribution in [0.4, 0.5) is 33.3 Å². The monoisotopic (exact) mass is 520 g/mol. The van der Waals surface area contributed by atoms with Crippen molar-refractivity contribution in [3.05, 3.63) is 72.6 Å². The number of anilines is 2. The van der Waals surface area contributed by atoms with E-state index in [1.807, 2.05) is 0 Å². The summed E-state index contributed by atoms with van der Waals surface area (Å²) in [6, 6.07) is 10.9. The lowest BCUT2D eigenvalue weighted by Crippen LogP contribution is -2.54. The molecule has 0 aliphatic heterocycles. The highest BCUT2D eigenvalue weighted by Crippen LogP contribution is 2.34. The van der Waals surface area contributed by atoms with Gasteiger partial charge in [-0.15, -0.1) is 0 Å². The lowest BCUT2D eigenvalue weighted by molar-refractivity contribution is -0.134. The van der Waals surface area contributed by atoms with Gasteiger partial charge in [0.05, 0.1) is 5.71 Å². The maximum Gasteiger partial charge on any atom is 0.387 e. The predicted molar refractivity (Wildman–Crippen MR) is 127 cm³/mol. The Kier molecular flexibility index (Phi) is 7.90. The molecule has 0 saturated heterocycles. The van der Waals surface area contributed by atoms with E-state index in [-0.39, 0.29) is 22.7 Å². The van der Waals surface area contributed by atoms with Crippen LogP contribution in [-0.4, -0.2) is 34.8 Å². The Hall–Kier alpha value is -4.35. The van der Waals surface area contributed by atoms with Gasteiger partial charge in [-0.05, 0) is 55.0 Å². The van der Waals surface area contributed by atoms with Crippen LogP contribution in [0.3, 0.4) is 0 Å². The first-order chi connectivity index (χ1) is 17.3. The third kappa shape index (κ3) is 6.26. The highest BCUT2D eigenvalue weighted by Gasteiger charge is 2.49. The van der Waals surface area contributed by atoms with E-state index in [0.29, 0.717) is 12.5 Å². The number of benzene rings is 2. The maximum atomic E-state index is 15.8. The fourth-order valence-electron chi connectivity index (χ4n) is 3.31. The molecule has 2 amide bonds. The summed E-state index contributed by atoms with van der Waals surface area (Å²) < 4.78 is 73.2. The van der Waals surface area contributed by atoms with Gasteiger partial charge in [0.1, 0.15) is 5.75 Å². The van der Waals surface area contributed by atoms with E-state index in [4.69, 9.17) is 5.41 Å². The lowest BCUT2D eigenvalue weighted by Gasteiger charge is -2.23. The van der Waals surface area contributed by atoms with Crippen LogP contribution in [0.25, 0.3) is 11.1 Å². The number of halogens is 5. The summed E-state index contributed by atoms with van der Waals surface area (Å²) in [6.07, 6.45) is 2.79. The number of nitrogens with one attached hydrogen (secondary N) is 3. The van der Waals surface area contributed by atoms with E-state index in [2.05, 4.69) is 20.4 Å². The number of amides is 2. The zero-order valence-electron chi connectivity index (χ0n) is 19.5. The molecule has 0 bridgehead atoms. The molecule has 7 nitrogen and oxygen atoms in total. The third-order valence-electron chi connectivity index (χ3n) is 5.21. The van der Waals surface area contributed by atoms with Crippen LogP contribution in [0, 0.1) is 5.41 Å². The minimum Gasteiger partial charge on any atom is -0.434 e. The van der Waals surface area contributed by atoms with Gasteiger partial charge in [0.2, 0.25) is 0 Å². The Bertz CT molecular complexity index is 1320. The van der Waals surface area contributed by atoms with Crippen LogP contribution in [0.15, 0.2) is 67.0 Å². The summed E-state index contributed by atoms with van der Waals surface area (Å²) in [5, 5.41) is 12.0. The van der Waals surface area contributed by atoms with E-state index < -0.39 is 41.3 Å². The number of hydrogen-bond donors (Lipinski definition) is 3. The van der Waals surface area contributed by atoms with Crippen molar-refractivity contribution in [2.45, 2.75) is 32.1 Å². The molecule has 0 radical (unpaired) electrons. The van der Waals surface area contributed by atoms with E-state index in [1.54, 1.807) is 0 Å². The quantitative estimate of drug-likeness (QED) is 0.189. The van der Waals surface area contributed by atoms with Gasteiger partial charge in [-0.25, -0.2) is 13.2 Å². The maximum absolute atomic E-state index is 15.8. The summed E-state index contributed by atoms with van der Waals surface area (Å²) in [5.74, 6) is -6.62. The van der Waals surface area contributed by atoms with E-state index in [1.165, 1.54) is 42.7 Å². The molecule has 1 atom stereocenters. The number of carbonyl (C=O) groups excluding carboxylic acids is 2. The average molecular weight is 520 g/mol. The highest BCUT2D eigenvalue weighted by molar-refractivity contribution is 6.32. The second-order valence-electron chi connectivity index (χ2n) is 7.99. The smallest absolute Gasteiger partial charge is 0.387 e. The standard InChI is InChI=1S/C25H21F5N4O3/c1-14(31)25(30,21(35)33-17-5-3-4-16(12-17)24(2,28)29)22(36)34-18-6-7-20(37-23(26)27)19(13-18)15-8-10-32-11-9-15/h3-13,23,31H,1-2H3,(H,33,35)(H,34,36). The third-order valence-corrected chi connectivity index (χ3v) is 5.21. The van der Waals surface area contributed by atoms with Crippen molar-refractivity contribution in [3.63, 3.8) is 0 Å². The van der Waals surface area contributed by atoms with Crippen LogP contribution in [-0.2, 0) is 15.5 Å². The molecule has 3 aromatic rings. The van der Waals surface area contributed by atoms with Crippen LogP contribution in [0.2, 0.25) is 0 Å². The minimum atomic E-state index is -3.53. The molecule has 3 N–H and O–H groups in total. The molecule has 194 valence electrons. The van der Waals surface area contributed by atoms with Crippen LogP contribution in [0.5, 0.6) is 5.75 Å². The molecule has 2 aromatic carbocycles. The largest absolute Gasteiger partial charge is 0.434 e. The summed E-state index contributed by atoms with van der Waals surface area (Å²) in [5.41, 5.74) is -4.78. The first-order valence-corrected chi connectivity index (χ1v) is 10.7. The van der Waals surface area contributed by atoms with E-state index >= 15 is 4.39 Å². The van der Waals surface area contributed by atoms with Crippen LogP contribution in [0.1, 0.15) is 19.4 Å². The van der Waals surface area contributed by atoms with Gasteiger partial charge in [0.25, 0.3) is 17.7 Å². The van der Waals surface area contributed by atoms with Crippen molar-refractivity contribution in [1.82, 2.24) is 4.98 Å². The molecule has 0 saturated carbocycles. The Labute approximate surface area is 208 Å². The van der Waals surface area contributed by atoms with Gasteiger partial charge in [0.15, 0.2) is 0 Å². The second kappa shape index (κ2) is 10.7. The number of pyridine rings is 1. The number of rotatable bonds is 9. The van der Waals surface area contributed by atoms with Crippen molar-refractivity contribution in [3.8, 4) is 16.9 Å². The molecule has 1 unspecified atom stereocenters. The number of aromatic nitrogens is 1. The van der Waals surface area contributed by atoms with Crippen LogP contribution < -0.4 is 15.4 Å². The zero-order chi connectivity index (χ0) is 27.4. The second-order valence-corrected chi connectivity index (χ2v) is 7.99. The minimum absolute atomic E-state index is 0.0953. The van der Waals surface area contributed by atoms with E-state index in [9.17, 15) is 27.2 Å². The number of nitrogens with zero attached hydrogens (tertiary/aromatic N) is 1. The van der Waals surface area contributed by atoms with Crippen molar-refractivity contribution in [2.24, 2.45) is 0 Å².